The number of benzene rings is 2. The fraction of sp³-hybridized carbons (Fsp3) is 0.318. The summed E-state index contributed by atoms with van der Waals surface area (Å²) in [5.41, 5.74) is 3.41. The molecule has 4 nitrogen and oxygen atoms in total. The number of carbonyl (C=O) groups is 1. The third-order valence-electron chi connectivity index (χ3n) is 4.21. The molecule has 0 spiro atoms. The Bertz CT molecular complexity index is 760. The first kappa shape index (κ1) is 19.6. The summed E-state index contributed by atoms with van der Waals surface area (Å²) in [6, 6.07) is 13.0. The number of methoxy groups -OCH3 is 1. The Hall–Kier alpha value is -2.75. The minimum Gasteiger partial charge on any atom is -0.497 e. The Labute approximate surface area is 155 Å². The van der Waals surface area contributed by atoms with E-state index in [1.54, 1.807) is 19.2 Å². The van der Waals surface area contributed by atoms with E-state index in [1.807, 2.05) is 37.3 Å². The van der Waals surface area contributed by atoms with Crippen molar-refractivity contribution in [3.63, 3.8) is 0 Å². The lowest BCUT2D eigenvalue weighted by Crippen LogP contribution is -2.03. The fourth-order valence-corrected chi connectivity index (χ4v) is 2.57. The summed E-state index contributed by atoms with van der Waals surface area (Å²) in [7, 11) is 1.65. The van der Waals surface area contributed by atoms with Crippen molar-refractivity contribution in [1.82, 2.24) is 0 Å². The summed E-state index contributed by atoms with van der Waals surface area (Å²) < 4.78 is 11.0. The molecule has 0 unspecified atom stereocenters. The molecule has 2 aromatic carbocycles. The van der Waals surface area contributed by atoms with Gasteiger partial charge < -0.3 is 14.6 Å². The zero-order chi connectivity index (χ0) is 18.9. The van der Waals surface area contributed by atoms with Crippen molar-refractivity contribution in [2.45, 2.75) is 33.1 Å². The second-order valence-electron chi connectivity index (χ2n) is 6.16. The molecule has 0 heterocycles. The van der Waals surface area contributed by atoms with Crippen LogP contribution in [0.5, 0.6) is 11.5 Å². The molecule has 0 atom stereocenters. The van der Waals surface area contributed by atoms with Gasteiger partial charge in [0.2, 0.25) is 0 Å². The van der Waals surface area contributed by atoms with E-state index in [2.05, 4.69) is 13.0 Å². The number of hydrogen-bond donors (Lipinski definition) is 1. The van der Waals surface area contributed by atoms with Gasteiger partial charge >= 0.3 is 5.97 Å². The highest BCUT2D eigenvalue weighted by molar-refractivity contribution is 5.89. The van der Waals surface area contributed by atoms with Crippen LogP contribution >= 0.6 is 0 Å². The van der Waals surface area contributed by atoms with Gasteiger partial charge in [-0.2, -0.15) is 0 Å². The van der Waals surface area contributed by atoms with Gasteiger partial charge in [0, 0.05) is 5.56 Å². The quantitative estimate of drug-likeness (QED) is 0.627. The average Bonchev–Trinajstić information content (AvgIpc) is 2.66. The first-order chi connectivity index (χ1) is 12.5. The summed E-state index contributed by atoms with van der Waals surface area (Å²) in [4.78, 5) is 11.2. The first-order valence-electron chi connectivity index (χ1n) is 8.85. The normalized spacial score (nSPS) is 11.3. The molecular weight excluding hydrogens is 328 g/mol. The molecule has 1 N–H and O–H groups in total. The lowest BCUT2D eigenvalue weighted by Gasteiger charge is -2.13. The predicted molar refractivity (Wildman–Crippen MR) is 104 cm³/mol. The number of aromatic carboxylic acids is 1. The largest absolute Gasteiger partial charge is 0.497 e. The first-order valence-corrected chi connectivity index (χ1v) is 8.85. The molecule has 0 saturated carbocycles. The minimum absolute atomic E-state index is 0.239. The van der Waals surface area contributed by atoms with Gasteiger partial charge in [0.25, 0.3) is 0 Å². The van der Waals surface area contributed by atoms with E-state index >= 15 is 0 Å². The van der Waals surface area contributed by atoms with Crippen molar-refractivity contribution in [2.75, 3.05) is 13.7 Å². The molecule has 0 aliphatic heterocycles. The van der Waals surface area contributed by atoms with Crippen LogP contribution in [0.1, 0.15) is 48.2 Å². The van der Waals surface area contributed by atoms with E-state index in [9.17, 15) is 9.90 Å². The Balaban J connectivity index is 2.21. The van der Waals surface area contributed by atoms with Gasteiger partial charge in [0.15, 0.2) is 0 Å². The van der Waals surface area contributed by atoms with Crippen LogP contribution in [0, 0.1) is 0 Å². The number of unbranched alkanes of at least 4 members (excludes halogenated alkanes) is 1. The highest BCUT2D eigenvalue weighted by Crippen LogP contribution is 2.28. The van der Waals surface area contributed by atoms with Crippen LogP contribution in [0.3, 0.4) is 0 Å². The maximum absolute atomic E-state index is 11.2. The molecule has 0 fully saturated rings. The maximum Gasteiger partial charge on any atom is 0.335 e. The molecule has 2 rings (SSSR count). The lowest BCUT2D eigenvalue weighted by atomic mass is 10.0. The van der Waals surface area contributed by atoms with Gasteiger partial charge in [-0.3, -0.25) is 0 Å². The molecule has 0 radical (unpaired) electrons. The summed E-state index contributed by atoms with van der Waals surface area (Å²) >= 11 is 0. The van der Waals surface area contributed by atoms with E-state index in [0.29, 0.717) is 12.4 Å². The lowest BCUT2D eigenvalue weighted by molar-refractivity contribution is 0.0696. The van der Waals surface area contributed by atoms with Crippen molar-refractivity contribution in [3.05, 3.63) is 65.2 Å². The maximum atomic E-state index is 11.2. The zero-order valence-corrected chi connectivity index (χ0v) is 15.6. The van der Waals surface area contributed by atoms with Crippen LogP contribution < -0.4 is 9.47 Å². The minimum atomic E-state index is -0.947. The van der Waals surface area contributed by atoms with E-state index in [1.165, 1.54) is 5.56 Å². The molecule has 138 valence electrons. The Morgan fingerprint density at radius 3 is 2.50 bits per heavy atom. The van der Waals surface area contributed by atoms with Gasteiger partial charge in [0.1, 0.15) is 11.5 Å². The third-order valence-corrected chi connectivity index (χ3v) is 4.21. The van der Waals surface area contributed by atoms with Crippen molar-refractivity contribution in [1.29, 1.82) is 0 Å². The Morgan fingerprint density at radius 1 is 1.15 bits per heavy atom. The fourth-order valence-electron chi connectivity index (χ4n) is 2.57. The molecule has 0 aliphatic rings. The van der Waals surface area contributed by atoms with Gasteiger partial charge in [-0.25, -0.2) is 4.79 Å². The molecule has 0 amide bonds. The number of allylic oxidation sites excluding steroid dienone is 2. The number of carboxylic acid groups (broad SMARTS) is 1. The second-order valence-corrected chi connectivity index (χ2v) is 6.16. The highest BCUT2D eigenvalue weighted by atomic mass is 16.5. The van der Waals surface area contributed by atoms with E-state index < -0.39 is 5.97 Å². The second kappa shape index (κ2) is 9.66. The standard InChI is InChI=1S/C22H26O4/c1-4-5-14-26-21-15-18(22(23)24)10-13-20(21)16(2)6-7-17-8-11-19(25-3)12-9-17/h6,8-13,15H,4-5,7,14H2,1-3H3,(H,23,24)/b16-6+. The van der Waals surface area contributed by atoms with Gasteiger partial charge in [-0.15, -0.1) is 0 Å². The van der Waals surface area contributed by atoms with Gasteiger partial charge in [0.05, 0.1) is 19.3 Å². The van der Waals surface area contributed by atoms with Gasteiger partial charge in [-0.05, 0) is 55.2 Å². The third kappa shape index (κ3) is 5.38. The topological polar surface area (TPSA) is 55.8 Å². The number of hydrogen-bond acceptors (Lipinski definition) is 3. The molecule has 0 bridgehead atoms. The smallest absolute Gasteiger partial charge is 0.335 e. The number of carboxylic acids is 1. The summed E-state index contributed by atoms with van der Waals surface area (Å²) in [6.07, 6.45) is 4.88. The average molecular weight is 354 g/mol. The predicted octanol–water partition coefficient (Wildman–Crippen LogP) is 5.22. The van der Waals surface area contributed by atoms with Gasteiger partial charge in [-0.1, -0.05) is 37.6 Å². The van der Waals surface area contributed by atoms with E-state index in [0.717, 1.165) is 36.1 Å². The molecule has 0 aliphatic carbocycles. The van der Waals surface area contributed by atoms with Crippen LogP contribution in [0.15, 0.2) is 48.5 Å². The van der Waals surface area contributed by atoms with Crippen LogP contribution in [0.4, 0.5) is 0 Å². The van der Waals surface area contributed by atoms with E-state index in [4.69, 9.17) is 9.47 Å². The molecule has 0 saturated heterocycles. The van der Waals surface area contributed by atoms with Crippen molar-refractivity contribution in [2.24, 2.45) is 0 Å². The van der Waals surface area contributed by atoms with Crippen molar-refractivity contribution in [3.8, 4) is 11.5 Å². The van der Waals surface area contributed by atoms with E-state index in [-0.39, 0.29) is 5.56 Å². The van der Waals surface area contributed by atoms with Crippen LogP contribution in [0.25, 0.3) is 5.57 Å². The van der Waals surface area contributed by atoms with Crippen molar-refractivity contribution < 1.29 is 19.4 Å². The zero-order valence-electron chi connectivity index (χ0n) is 15.6. The van der Waals surface area contributed by atoms with Crippen LogP contribution in [-0.2, 0) is 6.42 Å². The molecule has 0 aromatic heterocycles. The Kier molecular flexibility index (Phi) is 7.27. The summed E-state index contributed by atoms with van der Waals surface area (Å²) in [5.74, 6) is 0.518. The summed E-state index contributed by atoms with van der Waals surface area (Å²) in [5, 5.41) is 9.22. The molecule has 4 heteroatoms. The monoisotopic (exact) mass is 354 g/mol. The number of rotatable bonds is 9. The van der Waals surface area contributed by atoms with Crippen LogP contribution in [0.2, 0.25) is 0 Å². The molecule has 26 heavy (non-hydrogen) atoms. The SMILES string of the molecule is CCCCOc1cc(C(=O)O)ccc1/C(C)=C/Cc1ccc(OC)cc1. The highest BCUT2D eigenvalue weighted by Gasteiger charge is 2.11. The number of ether oxygens (including phenoxy) is 2. The molecule has 2 aromatic rings. The Morgan fingerprint density at radius 2 is 1.88 bits per heavy atom. The van der Waals surface area contributed by atoms with Crippen molar-refractivity contribution >= 4 is 11.5 Å². The van der Waals surface area contributed by atoms with Crippen LogP contribution in [-0.4, -0.2) is 24.8 Å². The molecular formula is C22H26O4. The summed E-state index contributed by atoms with van der Waals surface area (Å²) in [6.45, 7) is 4.70.